The summed E-state index contributed by atoms with van der Waals surface area (Å²) in [7, 11) is -4.40. The predicted octanol–water partition coefficient (Wildman–Crippen LogP) is 3.60. The third-order valence-corrected chi connectivity index (χ3v) is 6.60. The number of hydrogen-bond donors (Lipinski definition) is 0. The number of carbonyl (C=O) groups excluding carboxylic acids is 1. The number of sulfonamides is 1. The summed E-state index contributed by atoms with van der Waals surface area (Å²) in [5.74, 6) is -0.873. The minimum atomic E-state index is -4.40. The normalized spacial score (nSPS) is 22.4. The van der Waals surface area contributed by atoms with Crippen LogP contribution in [0.5, 0.6) is 0 Å². The van der Waals surface area contributed by atoms with Crippen molar-refractivity contribution in [1.29, 1.82) is 0 Å². The first-order valence-electron chi connectivity index (χ1n) is 6.42. The van der Waals surface area contributed by atoms with E-state index < -0.39 is 46.1 Å². The number of alkyl halides is 3. The van der Waals surface area contributed by atoms with Crippen LogP contribution in [0, 0.1) is 10.1 Å². The lowest BCUT2D eigenvalue weighted by molar-refractivity contribution is -0.385. The second kappa shape index (κ2) is 6.85. The Kier molecular flexibility index (Phi) is 5.51. The maximum absolute atomic E-state index is 12.5. The van der Waals surface area contributed by atoms with Gasteiger partial charge in [-0.2, -0.15) is 12.8 Å². The van der Waals surface area contributed by atoms with E-state index in [9.17, 15) is 23.3 Å². The van der Waals surface area contributed by atoms with Gasteiger partial charge in [0.2, 0.25) is 10.1 Å². The molecule has 0 saturated carbocycles. The van der Waals surface area contributed by atoms with Crippen molar-refractivity contribution in [1.82, 2.24) is 0 Å². The van der Waals surface area contributed by atoms with E-state index in [0.29, 0.717) is 0 Å². The predicted molar refractivity (Wildman–Crippen MR) is 95.4 cm³/mol. The number of nitro groups is 1. The number of hydrogen-bond acceptors (Lipinski definition) is 5. The van der Waals surface area contributed by atoms with E-state index in [1.807, 2.05) is 0 Å². The third-order valence-electron chi connectivity index (χ3n) is 3.32. The molecule has 1 aromatic rings. The molecule has 1 unspecified atom stereocenters. The molecule has 0 bridgehead atoms. The molecule has 0 aliphatic heterocycles. The van der Waals surface area contributed by atoms with Crippen LogP contribution in [0.25, 0.3) is 0 Å². The Morgan fingerprint density at radius 1 is 1.32 bits per heavy atom. The van der Waals surface area contributed by atoms with E-state index in [1.54, 1.807) is 0 Å². The number of halogens is 4. The van der Waals surface area contributed by atoms with Crippen LogP contribution in [-0.2, 0) is 14.8 Å². The summed E-state index contributed by atoms with van der Waals surface area (Å²) in [5.41, 5.74) is -0.753. The third kappa shape index (κ3) is 3.68. The lowest BCUT2D eigenvalue weighted by Crippen LogP contribution is -2.46. The number of benzene rings is 1. The zero-order chi connectivity index (χ0) is 19.2. The van der Waals surface area contributed by atoms with E-state index in [2.05, 4.69) is 4.40 Å². The molecule has 0 amide bonds. The summed E-state index contributed by atoms with van der Waals surface area (Å²) in [6.45, 7) is 1.33. The molecule has 0 N–H and O–H groups in total. The van der Waals surface area contributed by atoms with E-state index in [-0.39, 0.29) is 11.3 Å². The molecule has 1 aromatic carbocycles. The van der Waals surface area contributed by atoms with Crippen molar-refractivity contribution in [3.8, 4) is 0 Å². The smallest absolute Gasteiger partial charge is 0.282 e. The van der Waals surface area contributed by atoms with Gasteiger partial charge in [0.05, 0.1) is 20.6 Å². The van der Waals surface area contributed by atoms with Gasteiger partial charge in [-0.05, 0) is 18.6 Å². The second-order valence-corrected chi connectivity index (χ2v) is 8.76. The van der Waals surface area contributed by atoms with Gasteiger partial charge in [0.15, 0.2) is 0 Å². The highest BCUT2D eigenvalue weighted by Crippen LogP contribution is 2.41. The minimum Gasteiger partial charge on any atom is -0.290 e. The molecule has 0 heterocycles. The largest absolute Gasteiger partial charge is 0.290 e. The van der Waals surface area contributed by atoms with Gasteiger partial charge in [-0.3, -0.25) is 14.9 Å². The molecule has 12 heteroatoms. The quantitative estimate of drug-likeness (QED) is 0.401. The fourth-order valence-corrected chi connectivity index (χ4v) is 4.20. The number of non-ortho nitro benzene ring substituents is 1. The molecule has 2 rings (SSSR count). The van der Waals surface area contributed by atoms with Crippen molar-refractivity contribution in [3.63, 3.8) is 0 Å². The molecule has 25 heavy (non-hydrogen) atoms. The fourth-order valence-electron chi connectivity index (χ4n) is 1.96. The Hall–Kier alpha value is -1.19. The molecule has 7 nitrogen and oxygen atoms in total. The van der Waals surface area contributed by atoms with Crippen molar-refractivity contribution in [2.24, 2.45) is 4.40 Å². The number of rotatable bonds is 3. The fraction of sp³-hybridized carbons (Fsp3) is 0.231. The topological polar surface area (TPSA) is 107 Å². The van der Waals surface area contributed by atoms with E-state index in [1.165, 1.54) is 13.0 Å². The van der Waals surface area contributed by atoms with Gasteiger partial charge in [-0.25, -0.2) is 0 Å². The number of allylic oxidation sites excluding steroid dienone is 2. The summed E-state index contributed by atoms with van der Waals surface area (Å²) in [4.78, 5) is 21.6. The van der Waals surface area contributed by atoms with Crippen molar-refractivity contribution < 1.29 is 18.1 Å². The van der Waals surface area contributed by atoms with E-state index >= 15 is 0 Å². The maximum atomic E-state index is 12.5. The van der Waals surface area contributed by atoms with Crippen molar-refractivity contribution in [2.45, 2.75) is 21.5 Å². The molecule has 1 aliphatic rings. The Morgan fingerprint density at radius 3 is 2.48 bits per heavy atom. The number of Topliss-reactive ketones (excluding diaryl/α,β-unsaturated/α-hetero) is 1. The van der Waals surface area contributed by atoms with E-state index in [0.717, 1.165) is 18.2 Å². The average Bonchev–Trinajstić information content (AvgIpc) is 2.56. The lowest BCUT2D eigenvalue weighted by atomic mass is 9.96. The SMILES string of the molecule is CC1=C(Cl)C(=O)C(Cl)(Cl)C(Cl)C1=NS(=O)(=O)c1cccc([N+](=O)[O-])c1. The Balaban J connectivity index is 2.63. The first-order valence-corrected chi connectivity index (χ1v) is 9.43. The van der Waals surface area contributed by atoms with Crippen LogP contribution >= 0.6 is 46.4 Å². The summed E-state index contributed by atoms with van der Waals surface area (Å²) < 4.78 is 26.3. The van der Waals surface area contributed by atoms with Gasteiger partial charge in [-0.1, -0.05) is 40.9 Å². The lowest BCUT2D eigenvalue weighted by Gasteiger charge is -2.30. The van der Waals surface area contributed by atoms with Gasteiger partial charge < -0.3 is 0 Å². The first-order chi connectivity index (χ1) is 11.4. The van der Waals surface area contributed by atoms with Crippen molar-refractivity contribution in [3.05, 3.63) is 45.0 Å². The molecule has 1 aliphatic carbocycles. The number of carbonyl (C=O) groups is 1. The highest BCUT2D eigenvalue weighted by Gasteiger charge is 2.50. The zero-order valence-electron chi connectivity index (χ0n) is 12.2. The van der Waals surface area contributed by atoms with Gasteiger partial charge >= 0.3 is 0 Å². The molecule has 1 atom stereocenters. The van der Waals surface area contributed by atoms with Gasteiger partial charge in [0.1, 0.15) is 5.38 Å². The Labute approximate surface area is 162 Å². The van der Waals surface area contributed by atoms with Gasteiger partial charge in [0.25, 0.3) is 15.7 Å². The molecule has 0 saturated heterocycles. The minimum absolute atomic E-state index is 0.00222. The molecular formula is C13H8Cl4N2O5S. The Morgan fingerprint density at radius 2 is 1.92 bits per heavy atom. The molecule has 134 valence electrons. The molecular weight excluding hydrogens is 438 g/mol. The summed E-state index contributed by atoms with van der Waals surface area (Å²) in [5, 5.41) is 8.91. The standard InChI is InChI=1S/C13H8Cl4N2O5S/c1-6-9(14)12(20)13(16,17)11(15)10(6)18-25(23,24)8-4-2-3-7(5-8)19(21)22/h2-5,11H,1H3. The number of ketones is 1. The van der Waals surface area contributed by atoms with Crippen LogP contribution < -0.4 is 0 Å². The monoisotopic (exact) mass is 444 g/mol. The Bertz CT molecular complexity index is 939. The van der Waals surface area contributed by atoms with Crippen LogP contribution in [0.3, 0.4) is 0 Å². The molecule has 0 spiro atoms. The van der Waals surface area contributed by atoms with Crippen LogP contribution in [0.2, 0.25) is 0 Å². The zero-order valence-corrected chi connectivity index (χ0v) is 16.1. The summed E-state index contributed by atoms with van der Waals surface area (Å²) in [6.07, 6.45) is 0. The van der Waals surface area contributed by atoms with Crippen LogP contribution in [0.4, 0.5) is 5.69 Å². The highest BCUT2D eigenvalue weighted by molar-refractivity contribution is 7.90. The first kappa shape index (κ1) is 20.1. The van der Waals surface area contributed by atoms with Crippen LogP contribution in [-0.4, -0.2) is 34.5 Å². The number of nitro benzene ring substituents is 1. The second-order valence-electron chi connectivity index (χ2n) is 4.96. The average molecular weight is 446 g/mol. The number of nitrogens with zero attached hydrogens (tertiary/aromatic N) is 2. The maximum Gasteiger partial charge on any atom is 0.282 e. The molecule has 0 aromatic heterocycles. The molecule has 0 fully saturated rings. The van der Waals surface area contributed by atoms with E-state index in [4.69, 9.17) is 46.4 Å². The van der Waals surface area contributed by atoms with Crippen molar-refractivity contribution in [2.75, 3.05) is 0 Å². The summed E-state index contributed by atoms with van der Waals surface area (Å²) in [6, 6.07) is 4.28. The van der Waals surface area contributed by atoms with Crippen molar-refractivity contribution >= 4 is 73.6 Å². The van der Waals surface area contributed by atoms with Crippen LogP contribution in [0.1, 0.15) is 6.92 Å². The van der Waals surface area contributed by atoms with Gasteiger partial charge in [0, 0.05) is 12.1 Å². The summed E-state index contributed by atoms with van der Waals surface area (Å²) >= 11 is 23.6. The molecule has 0 radical (unpaired) electrons. The van der Waals surface area contributed by atoms with Crippen LogP contribution in [0.15, 0.2) is 44.2 Å². The highest BCUT2D eigenvalue weighted by atomic mass is 35.5. The van der Waals surface area contributed by atoms with Gasteiger partial charge in [-0.15, -0.1) is 11.6 Å².